The van der Waals surface area contributed by atoms with E-state index >= 15 is 0 Å². The van der Waals surface area contributed by atoms with E-state index < -0.39 is 0 Å². The van der Waals surface area contributed by atoms with Crippen LogP contribution in [0.15, 0.2) is 16.9 Å². The van der Waals surface area contributed by atoms with Crippen molar-refractivity contribution < 1.29 is 4.74 Å². The molecule has 0 atom stereocenters. The van der Waals surface area contributed by atoms with E-state index in [1.54, 1.807) is 0 Å². The summed E-state index contributed by atoms with van der Waals surface area (Å²) in [7, 11) is 0. The van der Waals surface area contributed by atoms with Crippen LogP contribution in [-0.2, 0) is 4.74 Å². The number of aryl methyl sites for hydroxylation is 1. The van der Waals surface area contributed by atoms with Crippen LogP contribution < -0.4 is 5.69 Å². The highest BCUT2D eigenvalue weighted by Crippen LogP contribution is 2.31. The lowest BCUT2D eigenvalue weighted by Gasteiger charge is -2.41. The Balaban J connectivity index is 0.00000225. The first-order chi connectivity index (χ1) is 13.1. The zero-order chi connectivity index (χ0) is 19.0. The number of fused-ring (bicyclic) bond motifs is 1. The van der Waals surface area contributed by atoms with Gasteiger partial charge in [0.1, 0.15) is 0 Å². The Labute approximate surface area is 177 Å². The maximum absolute atomic E-state index is 12.6. The predicted octanol–water partition coefficient (Wildman–Crippen LogP) is 4.70. The van der Waals surface area contributed by atoms with Crippen LogP contribution in [0, 0.1) is 6.92 Å². The van der Waals surface area contributed by atoms with Gasteiger partial charge in [-0.15, -0.1) is 12.4 Å². The third-order valence-corrected chi connectivity index (χ3v) is 6.83. The normalized spacial score (nSPS) is 24.4. The van der Waals surface area contributed by atoms with Crippen molar-refractivity contribution in [1.29, 1.82) is 0 Å². The second-order valence-corrected chi connectivity index (χ2v) is 8.48. The molecule has 0 bridgehead atoms. The molecule has 1 aromatic heterocycles. The number of nitrogens with one attached hydrogen (secondary N) is 1. The summed E-state index contributed by atoms with van der Waals surface area (Å²) in [5.74, 6) is 0. The van der Waals surface area contributed by atoms with Gasteiger partial charge < -0.3 is 14.6 Å². The van der Waals surface area contributed by atoms with Crippen molar-refractivity contribution in [3.63, 3.8) is 0 Å². The monoisotopic (exact) mass is 427 g/mol. The molecule has 0 unspecified atom stereocenters. The first kappa shape index (κ1) is 21.7. The van der Waals surface area contributed by atoms with Crippen LogP contribution >= 0.6 is 24.0 Å². The number of imidazole rings is 1. The van der Waals surface area contributed by atoms with Gasteiger partial charge in [0.2, 0.25) is 0 Å². The van der Waals surface area contributed by atoms with Gasteiger partial charge in [-0.3, -0.25) is 4.57 Å². The van der Waals surface area contributed by atoms with Crippen molar-refractivity contribution in [3.8, 4) is 0 Å². The van der Waals surface area contributed by atoms with Gasteiger partial charge in [0, 0.05) is 36.8 Å². The molecule has 2 aromatic rings. The van der Waals surface area contributed by atoms with Gasteiger partial charge in [-0.2, -0.15) is 0 Å². The van der Waals surface area contributed by atoms with Gasteiger partial charge in [-0.05, 0) is 70.1 Å². The van der Waals surface area contributed by atoms with Crippen molar-refractivity contribution in [3.05, 3.63) is 33.2 Å². The molecule has 1 aliphatic carbocycles. The Bertz CT molecular complexity index is 847. The van der Waals surface area contributed by atoms with Crippen molar-refractivity contribution in [1.82, 2.24) is 14.5 Å². The molecule has 4 rings (SSSR count). The summed E-state index contributed by atoms with van der Waals surface area (Å²) in [6.07, 6.45) is 7.35. The lowest BCUT2D eigenvalue weighted by Crippen LogP contribution is -2.45. The number of nitrogens with zero attached hydrogens (tertiary/aromatic N) is 2. The largest absolute Gasteiger partial charge is 0.379 e. The summed E-state index contributed by atoms with van der Waals surface area (Å²) in [5, 5.41) is 0.702. The number of benzene rings is 1. The Morgan fingerprint density at radius 2 is 1.79 bits per heavy atom. The Morgan fingerprint density at radius 3 is 2.43 bits per heavy atom. The fourth-order valence-electron chi connectivity index (χ4n) is 4.93. The second kappa shape index (κ2) is 9.21. The number of likely N-dealkylation sites (tertiary alicyclic amines) is 1. The number of hydrogen-bond donors (Lipinski definition) is 1. The summed E-state index contributed by atoms with van der Waals surface area (Å²) in [4.78, 5) is 18.2. The van der Waals surface area contributed by atoms with Crippen LogP contribution in [-0.4, -0.2) is 46.3 Å². The molecule has 28 heavy (non-hydrogen) atoms. The van der Waals surface area contributed by atoms with E-state index in [1.165, 1.54) is 25.7 Å². The average molecular weight is 428 g/mol. The smallest absolute Gasteiger partial charge is 0.326 e. The number of hydrogen-bond acceptors (Lipinski definition) is 3. The van der Waals surface area contributed by atoms with Gasteiger partial charge in [-0.1, -0.05) is 11.6 Å². The molecular weight excluding hydrogens is 397 g/mol. The lowest BCUT2D eigenvalue weighted by atomic mass is 9.90. The summed E-state index contributed by atoms with van der Waals surface area (Å²) in [5.41, 5.74) is 2.83. The maximum Gasteiger partial charge on any atom is 0.326 e. The molecule has 156 valence electrons. The Morgan fingerprint density at radius 1 is 1.11 bits per heavy atom. The fraction of sp³-hybridized carbons (Fsp3) is 0.667. The third-order valence-electron chi connectivity index (χ3n) is 6.42. The number of ether oxygens (including phenoxy) is 1. The molecule has 0 radical (unpaired) electrons. The molecular formula is C21H31Cl2N3O2. The number of piperidine rings is 1. The molecule has 0 spiro atoms. The van der Waals surface area contributed by atoms with Crippen LogP contribution in [0.25, 0.3) is 11.0 Å². The van der Waals surface area contributed by atoms with E-state index in [2.05, 4.69) is 16.8 Å². The lowest BCUT2D eigenvalue weighted by molar-refractivity contribution is 0.00796. The standard InChI is InChI=1S/C21H30ClN3O2.ClH/c1-3-27-17-6-4-15(5-7-17)24-10-8-16(9-11-24)25-20-12-14(2)18(22)13-19(20)23-21(25)26;/h12-13,15-17H,3-11H2,1-2H3,(H,23,26);1H. The molecule has 2 fully saturated rings. The zero-order valence-electron chi connectivity index (χ0n) is 16.7. The minimum atomic E-state index is -0.0117. The summed E-state index contributed by atoms with van der Waals surface area (Å²) in [6, 6.07) is 4.86. The molecule has 5 nitrogen and oxygen atoms in total. The number of aromatic amines is 1. The van der Waals surface area contributed by atoms with E-state index in [0.29, 0.717) is 17.2 Å². The quantitative estimate of drug-likeness (QED) is 0.768. The van der Waals surface area contributed by atoms with E-state index in [4.69, 9.17) is 16.3 Å². The number of halogens is 2. The van der Waals surface area contributed by atoms with E-state index in [1.807, 2.05) is 23.6 Å². The van der Waals surface area contributed by atoms with Gasteiger partial charge in [0.25, 0.3) is 0 Å². The van der Waals surface area contributed by atoms with Crippen LogP contribution in [0.2, 0.25) is 5.02 Å². The van der Waals surface area contributed by atoms with Crippen LogP contribution in [0.4, 0.5) is 0 Å². The van der Waals surface area contributed by atoms with Crippen LogP contribution in [0.5, 0.6) is 0 Å². The number of H-pyrrole nitrogens is 1. The minimum Gasteiger partial charge on any atom is -0.379 e. The molecule has 7 heteroatoms. The highest BCUT2D eigenvalue weighted by atomic mass is 35.5. The summed E-state index contributed by atoms with van der Waals surface area (Å²) < 4.78 is 7.75. The van der Waals surface area contributed by atoms with E-state index in [-0.39, 0.29) is 24.1 Å². The number of rotatable bonds is 4. The van der Waals surface area contributed by atoms with Gasteiger partial charge in [0.15, 0.2) is 0 Å². The molecule has 2 aliphatic rings. The molecule has 1 aromatic carbocycles. The van der Waals surface area contributed by atoms with Crippen molar-refractivity contribution in [2.45, 2.75) is 70.6 Å². The second-order valence-electron chi connectivity index (χ2n) is 8.07. The molecule has 1 aliphatic heterocycles. The van der Waals surface area contributed by atoms with Gasteiger partial charge in [-0.25, -0.2) is 4.79 Å². The van der Waals surface area contributed by atoms with Crippen LogP contribution in [0.1, 0.15) is 57.1 Å². The summed E-state index contributed by atoms with van der Waals surface area (Å²) >= 11 is 6.22. The molecule has 0 amide bonds. The van der Waals surface area contributed by atoms with E-state index in [9.17, 15) is 4.79 Å². The number of aromatic nitrogens is 2. The highest BCUT2D eigenvalue weighted by Gasteiger charge is 2.30. The predicted molar refractivity (Wildman–Crippen MR) is 117 cm³/mol. The Hall–Kier alpha value is -1.01. The molecule has 2 heterocycles. The van der Waals surface area contributed by atoms with Crippen molar-refractivity contribution in [2.24, 2.45) is 0 Å². The first-order valence-electron chi connectivity index (χ1n) is 10.3. The maximum atomic E-state index is 12.6. The van der Waals surface area contributed by atoms with E-state index in [0.717, 1.165) is 49.1 Å². The fourth-order valence-corrected chi connectivity index (χ4v) is 5.10. The minimum absolute atomic E-state index is 0. The van der Waals surface area contributed by atoms with Crippen molar-refractivity contribution >= 4 is 35.0 Å². The summed E-state index contributed by atoms with van der Waals surface area (Å²) in [6.45, 7) is 7.04. The zero-order valence-corrected chi connectivity index (χ0v) is 18.3. The van der Waals surface area contributed by atoms with Gasteiger partial charge >= 0.3 is 5.69 Å². The van der Waals surface area contributed by atoms with Crippen LogP contribution in [0.3, 0.4) is 0 Å². The average Bonchev–Trinajstić information content (AvgIpc) is 2.98. The Kier molecular flexibility index (Phi) is 7.13. The topological polar surface area (TPSA) is 50.3 Å². The SMILES string of the molecule is CCOC1CCC(N2CCC(n3c(=O)[nH]c4cc(Cl)c(C)cc43)CC2)CC1.Cl. The van der Waals surface area contributed by atoms with Gasteiger partial charge in [0.05, 0.1) is 17.1 Å². The third kappa shape index (κ3) is 4.28. The highest BCUT2D eigenvalue weighted by molar-refractivity contribution is 6.32. The molecule has 1 N–H and O–H groups in total. The molecule has 1 saturated carbocycles. The molecule has 1 saturated heterocycles. The first-order valence-corrected chi connectivity index (χ1v) is 10.7. The van der Waals surface area contributed by atoms with Crippen molar-refractivity contribution in [2.75, 3.05) is 19.7 Å².